The van der Waals surface area contributed by atoms with E-state index in [9.17, 15) is 19.2 Å². The summed E-state index contributed by atoms with van der Waals surface area (Å²) in [6.45, 7) is 0. The number of hydrogen-bond donors (Lipinski definition) is 2. The van der Waals surface area contributed by atoms with Crippen molar-refractivity contribution in [1.82, 2.24) is 0 Å². The molecule has 0 radical (unpaired) electrons. The van der Waals surface area contributed by atoms with Crippen LogP contribution in [0.15, 0.2) is 97.1 Å². The summed E-state index contributed by atoms with van der Waals surface area (Å²) in [5, 5.41) is 5.57. The highest BCUT2D eigenvalue weighted by Gasteiger charge is 2.18. The normalized spacial score (nSPS) is 10.4. The highest BCUT2D eigenvalue weighted by molar-refractivity contribution is 6.15. The average molecular weight is 551 g/mol. The largest absolute Gasteiger partial charge is 0.497 e. The maximum absolute atomic E-state index is 13.1. The number of carbonyl (C=O) groups is 4. The summed E-state index contributed by atoms with van der Waals surface area (Å²) < 4.78 is 10.5. The lowest BCUT2D eigenvalue weighted by molar-refractivity contribution is -0.117. The van der Waals surface area contributed by atoms with Crippen molar-refractivity contribution in [1.29, 1.82) is 0 Å². The molecule has 0 saturated carbocycles. The molecule has 0 saturated heterocycles. The Labute approximate surface area is 238 Å². The van der Waals surface area contributed by atoms with Crippen molar-refractivity contribution >= 4 is 34.8 Å². The third-order valence-corrected chi connectivity index (χ3v) is 6.37. The molecule has 0 aliphatic heterocycles. The van der Waals surface area contributed by atoms with Gasteiger partial charge in [-0.25, -0.2) is 0 Å². The lowest BCUT2D eigenvalue weighted by Gasteiger charge is -2.13. The Morgan fingerprint density at radius 3 is 1.32 bits per heavy atom. The van der Waals surface area contributed by atoms with Crippen molar-refractivity contribution in [2.45, 2.75) is 19.3 Å². The van der Waals surface area contributed by atoms with Gasteiger partial charge in [-0.2, -0.15) is 0 Å². The van der Waals surface area contributed by atoms with Gasteiger partial charge in [0.1, 0.15) is 11.5 Å². The third kappa shape index (κ3) is 7.45. The van der Waals surface area contributed by atoms with Gasteiger partial charge >= 0.3 is 0 Å². The molecule has 0 unspecified atom stereocenters. The molecule has 0 heterocycles. The Kier molecular flexibility index (Phi) is 9.62. The number of hydrogen-bond acceptors (Lipinski definition) is 6. The van der Waals surface area contributed by atoms with Crippen LogP contribution in [0, 0.1) is 0 Å². The van der Waals surface area contributed by atoms with E-state index < -0.39 is 0 Å². The van der Waals surface area contributed by atoms with Gasteiger partial charge in [0, 0.05) is 35.1 Å². The van der Waals surface area contributed by atoms with Crippen molar-refractivity contribution < 1.29 is 28.7 Å². The average Bonchev–Trinajstić information content (AvgIpc) is 3.01. The summed E-state index contributed by atoms with van der Waals surface area (Å²) in [5.41, 5.74) is 2.29. The Morgan fingerprint density at radius 2 is 0.951 bits per heavy atom. The van der Waals surface area contributed by atoms with E-state index in [1.54, 1.807) is 84.9 Å². The predicted molar refractivity (Wildman–Crippen MR) is 157 cm³/mol. The van der Waals surface area contributed by atoms with Crippen LogP contribution in [0.25, 0.3) is 0 Å². The minimum atomic E-state index is -0.338. The number of methoxy groups -OCH3 is 2. The molecule has 0 aliphatic carbocycles. The Balaban J connectivity index is 1.38. The topological polar surface area (TPSA) is 111 Å². The van der Waals surface area contributed by atoms with Gasteiger partial charge < -0.3 is 20.1 Å². The van der Waals surface area contributed by atoms with Crippen LogP contribution in [-0.2, 0) is 9.59 Å². The van der Waals surface area contributed by atoms with E-state index >= 15 is 0 Å². The monoisotopic (exact) mass is 550 g/mol. The first kappa shape index (κ1) is 28.8. The Hall–Kier alpha value is -5.24. The number of nitrogens with one attached hydrogen (secondary N) is 2. The lowest BCUT2D eigenvalue weighted by atomic mass is 10.0. The van der Waals surface area contributed by atoms with Gasteiger partial charge in [-0.15, -0.1) is 0 Å². The maximum Gasteiger partial charge on any atom is 0.224 e. The Bertz CT molecular complexity index is 1430. The van der Waals surface area contributed by atoms with Gasteiger partial charge in [0.15, 0.2) is 11.6 Å². The quantitative estimate of drug-likeness (QED) is 0.212. The van der Waals surface area contributed by atoms with Gasteiger partial charge in [0.25, 0.3) is 0 Å². The van der Waals surface area contributed by atoms with Gasteiger partial charge in [0.2, 0.25) is 11.8 Å². The molecular formula is C33H30N2O6. The molecule has 0 aromatic heterocycles. The zero-order chi connectivity index (χ0) is 29.2. The van der Waals surface area contributed by atoms with E-state index in [4.69, 9.17) is 9.47 Å². The molecule has 208 valence electrons. The minimum Gasteiger partial charge on any atom is -0.497 e. The molecule has 2 amide bonds. The second kappa shape index (κ2) is 13.7. The summed E-state index contributed by atoms with van der Waals surface area (Å²) in [4.78, 5) is 51.7. The maximum atomic E-state index is 13.1. The van der Waals surface area contributed by atoms with Gasteiger partial charge in [-0.05, 0) is 42.8 Å². The summed E-state index contributed by atoms with van der Waals surface area (Å²) in [5.74, 6) is -0.201. The van der Waals surface area contributed by atoms with Crippen LogP contribution in [0.3, 0.4) is 0 Å². The first-order valence-electron chi connectivity index (χ1n) is 13.0. The molecule has 8 heteroatoms. The number of ketones is 2. The van der Waals surface area contributed by atoms with E-state index in [1.807, 2.05) is 12.1 Å². The molecule has 4 aromatic rings. The van der Waals surface area contributed by atoms with E-state index in [1.165, 1.54) is 14.2 Å². The molecule has 0 fully saturated rings. The van der Waals surface area contributed by atoms with Crippen LogP contribution in [-0.4, -0.2) is 37.6 Å². The molecule has 0 spiro atoms. The van der Waals surface area contributed by atoms with Crippen LogP contribution in [0.1, 0.15) is 51.1 Å². The number of rotatable bonds is 12. The highest BCUT2D eigenvalue weighted by atomic mass is 16.5. The molecule has 0 aliphatic rings. The van der Waals surface area contributed by atoms with Crippen LogP contribution in [0.2, 0.25) is 0 Å². The number of carbonyl (C=O) groups excluding carboxylic acids is 4. The van der Waals surface area contributed by atoms with Gasteiger partial charge in [0.05, 0.1) is 25.6 Å². The number of ether oxygens (including phenoxy) is 2. The zero-order valence-corrected chi connectivity index (χ0v) is 22.8. The van der Waals surface area contributed by atoms with Crippen LogP contribution in [0.5, 0.6) is 11.5 Å². The molecule has 4 rings (SSSR count). The summed E-state index contributed by atoms with van der Waals surface area (Å²) in [7, 11) is 3.00. The van der Waals surface area contributed by atoms with Gasteiger partial charge in [-0.3, -0.25) is 19.2 Å². The predicted octanol–water partition coefficient (Wildman–Crippen LogP) is 5.91. The van der Waals surface area contributed by atoms with Crippen molar-refractivity contribution in [2.24, 2.45) is 0 Å². The first-order chi connectivity index (χ1) is 19.9. The van der Waals surface area contributed by atoms with E-state index in [0.29, 0.717) is 45.1 Å². The van der Waals surface area contributed by atoms with Crippen LogP contribution < -0.4 is 20.1 Å². The summed E-state index contributed by atoms with van der Waals surface area (Å²) >= 11 is 0. The van der Waals surface area contributed by atoms with E-state index in [2.05, 4.69) is 10.6 Å². The summed E-state index contributed by atoms with van der Waals surface area (Å²) in [6.07, 6.45) is 0.363. The van der Waals surface area contributed by atoms with Crippen molar-refractivity contribution in [3.8, 4) is 11.5 Å². The van der Waals surface area contributed by atoms with E-state index in [0.717, 1.165) is 0 Å². The fourth-order valence-corrected chi connectivity index (χ4v) is 4.22. The molecule has 41 heavy (non-hydrogen) atoms. The highest BCUT2D eigenvalue weighted by Crippen LogP contribution is 2.27. The first-order valence-corrected chi connectivity index (χ1v) is 13.0. The van der Waals surface area contributed by atoms with Crippen molar-refractivity contribution in [3.05, 3.63) is 119 Å². The number of anilines is 2. The van der Waals surface area contributed by atoms with Crippen molar-refractivity contribution in [2.75, 3.05) is 24.9 Å². The number of amides is 2. The van der Waals surface area contributed by atoms with Crippen LogP contribution >= 0.6 is 0 Å². The molecule has 2 N–H and O–H groups in total. The third-order valence-electron chi connectivity index (χ3n) is 6.37. The molecule has 0 atom stereocenters. The summed E-state index contributed by atoms with van der Waals surface area (Å²) in [6, 6.07) is 27.2. The van der Waals surface area contributed by atoms with E-state index in [-0.39, 0.29) is 42.6 Å². The molecular weight excluding hydrogens is 520 g/mol. The minimum absolute atomic E-state index is 0.0524. The van der Waals surface area contributed by atoms with Crippen molar-refractivity contribution in [3.63, 3.8) is 0 Å². The standard InChI is InChI=1S/C33H30N2O6/c1-40-24-16-18-28(26(20-24)32(38)22-10-5-3-6-11-22)34-30(36)14-9-15-31(37)35-29-19-17-25(41-2)21-27(29)33(39)23-12-7-4-8-13-23/h3-8,10-13,16-21H,9,14-15H2,1-2H3,(H,34,36)(H,35,37). The molecule has 0 bridgehead atoms. The lowest BCUT2D eigenvalue weighted by Crippen LogP contribution is -2.17. The molecule has 4 aromatic carbocycles. The second-order valence-corrected chi connectivity index (χ2v) is 9.16. The number of benzene rings is 4. The fraction of sp³-hybridized carbons (Fsp3) is 0.152. The van der Waals surface area contributed by atoms with Gasteiger partial charge in [-0.1, -0.05) is 60.7 Å². The second-order valence-electron chi connectivity index (χ2n) is 9.16. The zero-order valence-electron chi connectivity index (χ0n) is 22.8. The van der Waals surface area contributed by atoms with Crippen LogP contribution in [0.4, 0.5) is 11.4 Å². The molecule has 8 nitrogen and oxygen atoms in total. The SMILES string of the molecule is COc1ccc(NC(=O)CCCC(=O)Nc2ccc(OC)cc2C(=O)c2ccccc2)c(C(=O)c2ccccc2)c1. The Morgan fingerprint density at radius 1 is 0.561 bits per heavy atom. The fourth-order valence-electron chi connectivity index (χ4n) is 4.22. The smallest absolute Gasteiger partial charge is 0.224 e.